The highest BCUT2D eigenvalue weighted by Crippen LogP contribution is 2.28. The number of hydrogen-bond acceptors (Lipinski definition) is 3. The van der Waals surface area contributed by atoms with E-state index >= 15 is 0 Å². The number of nitrogens with one attached hydrogen (secondary N) is 2. The molecule has 0 unspecified atom stereocenters. The molecule has 1 aliphatic heterocycles. The molecule has 6 heteroatoms. The van der Waals surface area contributed by atoms with Crippen LogP contribution in [0.3, 0.4) is 0 Å². The summed E-state index contributed by atoms with van der Waals surface area (Å²) >= 11 is 0. The van der Waals surface area contributed by atoms with E-state index in [2.05, 4.69) is 22.8 Å². The predicted octanol–water partition coefficient (Wildman–Crippen LogP) is 2.83. The van der Waals surface area contributed by atoms with E-state index in [0.29, 0.717) is 25.1 Å². The lowest BCUT2D eigenvalue weighted by atomic mass is 10.0. The van der Waals surface area contributed by atoms with Crippen LogP contribution in [0.2, 0.25) is 0 Å². The molecule has 0 spiro atoms. The Labute approximate surface area is 169 Å². The Balaban J connectivity index is 1.59. The summed E-state index contributed by atoms with van der Waals surface area (Å²) in [4.78, 5) is 24.4. The number of nitrogens with zero attached hydrogens (tertiary/aromatic N) is 2. The lowest BCUT2D eigenvalue weighted by Gasteiger charge is -2.11. The van der Waals surface area contributed by atoms with Gasteiger partial charge in [-0.15, -0.1) is 0 Å². The zero-order valence-electron chi connectivity index (χ0n) is 16.6. The second kappa shape index (κ2) is 7.91. The van der Waals surface area contributed by atoms with Gasteiger partial charge in [0.15, 0.2) is 0 Å². The highest BCUT2D eigenvalue weighted by molar-refractivity contribution is 5.99. The lowest BCUT2D eigenvalue weighted by molar-refractivity contribution is -0.120. The van der Waals surface area contributed by atoms with Gasteiger partial charge in [0.1, 0.15) is 6.04 Å². The van der Waals surface area contributed by atoms with Gasteiger partial charge in [0.25, 0.3) is 5.91 Å². The van der Waals surface area contributed by atoms with E-state index in [4.69, 9.17) is 5.10 Å². The number of amides is 2. The Morgan fingerprint density at radius 2 is 1.97 bits per heavy atom. The minimum absolute atomic E-state index is 0.122. The van der Waals surface area contributed by atoms with Crippen LogP contribution in [-0.2, 0) is 11.3 Å². The molecule has 1 atom stereocenters. The number of rotatable bonds is 5. The van der Waals surface area contributed by atoms with Gasteiger partial charge >= 0.3 is 0 Å². The van der Waals surface area contributed by atoms with Crippen LogP contribution in [0, 0.1) is 13.8 Å². The molecule has 1 saturated heterocycles. The van der Waals surface area contributed by atoms with Crippen molar-refractivity contribution in [1.82, 2.24) is 20.4 Å². The Morgan fingerprint density at radius 1 is 1.17 bits per heavy atom. The van der Waals surface area contributed by atoms with E-state index in [0.717, 1.165) is 22.5 Å². The second-order valence-corrected chi connectivity index (χ2v) is 7.38. The number of benzene rings is 2. The first kappa shape index (κ1) is 18.9. The third kappa shape index (κ3) is 3.92. The molecule has 2 aromatic carbocycles. The highest BCUT2D eigenvalue weighted by atomic mass is 16.2. The number of carbonyl (C=O) groups excluding carboxylic acids is 2. The molecule has 6 nitrogen and oxygen atoms in total. The molecule has 2 amide bonds. The molecule has 29 heavy (non-hydrogen) atoms. The number of carbonyl (C=O) groups is 2. The summed E-state index contributed by atoms with van der Waals surface area (Å²) in [6, 6.07) is 17.3. The largest absolute Gasteiger partial charge is 0.354 e. The summed E-state index contributed by atoms with van der Waals surface area (Å²) in [5.41, 5.74) is 5.69. The maximum atomic E-state index is 12.6. The van der Waals surface area contributed by atoms with Gasteiger partial charge in [-0.05, 0) is 43.5 Å². The van der Waals surface area contributed by atoms with Gasteiger partial charge < -0.3 is 10.6 Å². The van der Waals surface area contributed by atoms with Crippen molar-refractivity contribution in [2.45, 2.75) is 32.9 Å². The molecule has 0 saturated carbocycles. The van der Waals surface area contributed by atoms with Crippen LogP contribution in [0.5, 0.6) is 0 Å². The summed E-state index contributed by atoms with van der Waals surface area (Å²) in [5.74, 6) is -0.357. The van der Waals surface area contributed by atoms with E-state index in [9.17, 15) is 9.59 Å². The fourth-order valence-electron chi connectivity index (χ4n) is 3.81. The van der Waals surface area contributed by atoms with Gasteiger partial charge in [0, 0.05) is 23.4 Å². The Bertz CT molecular complexity index is 1060. The molecule has 1 fully saturated rings. The molecule has 4 rings (SSSR count). The van der Waals surface area contributed by atoms with Crippen molar-refractivity contribution in [3.8, 4) is 11.1 Å². The summed E-state index contributed by atoms with van der Waals surface area (Å²) in [6.07, 6.45) is 0.620. The molecule has 1 aliphatic rings. The van der Waals surface area contributed by atoms with Crippen LogP contribution >= 0.6 is 0 Å². The van der Waals surface area contributed by atoms with Crippen molar-refractivity contribution in [2.75, 3.05) is 6.54 Å². The first-order valence-corrected chi connectivity index (χ1v) is 9.80. The highest BCUT2D eigenvalue weighted by Gasteiger charge is 2.26. The molecule has 0 aliphatic carbocycles. The molecule has 1 aromatic heterocycles. The van der Waals surface area contributed by atoms with E-state index in [1.165, 1.54) is 5.56 Å². The predicted molar refractivity (Wildman–Crippen MR) is 112 cm³/mol. The van der Waals surface area contributed by atoms with Crippen LogP contribution < -0.4 is 10.6 Å². The summed E-state index contributed by atoms with van der Waals surface area (Å²) in [7, 11) is 0. The number of aromatic nitrogens is 2. The quantitative estimate of drug-likeness (QED) is 0.706. The molecule has 2 heterocycles. The molecule has 0 bridgehead atoms. The number of aryl methyl sites for hydroxylation is 1. The van der Waals surface area contributed by atoms with Gasteiger partial charge in [0.2, 0.25) is 5.91 Å². The average Bonchev–Trinajstić information content (AvgIpc) is 3.25. The van der Waals surface area contributed by atoms with E-state index in [-0.39, 0.29) is 11.8 Å². The molecule has 148 valence electrons. The Morgan fingerprint density at radius 3 is 2.69 bits per heavy atom. The van der Waals surface area contributed by atoms with E-state index in [1.807, 2.05) is 54.9 Å². The molecular formula is C23H24N4O2. The van der Waals surface area contributed by atoms with Gasteiger partial charge in [0.05, 0.1) is 12.2 Å². The van der Waals surface area contributed by atoms with Crippen molar-refractivity contribution in [2.24, 2.45) is 0 Å². The van der Waals surface area contributed by atoms with Crippen molar-refractivity contribution in [1.29, 1.82) is 0 Å². The van der Waals surface area contributed by atoms with Crippen LogP contribution in [0.1, 0.15) is 33.7 Å². The zero-order chi connectivity index (χ0) is 20.4. The fourth-order valence-corrected chi connectivity index (χ4v) is 3.81. The van der Waals surface area contributed by atoms with Crippen molar-refractivity contribution < 1.29 is 9.59 Å². The van der Waals surface area contributed by atoms with Crippen LogP contribution in [0.25, 0.3) is 11.1 Å². The van der Waals surface area contributed by atoms with Gasteiger partial charge in [-0.3, -0.25) is 14.3 Å². The maximum absolute atomic E-state index is 12.6. The van der Waals surface area contributed by atoms with Crippen molar-refractivity contribution >= 4 is 11.8 Å². The first-order valence-electron chi connectivity index (χ1n) is 9.80. The van der Waals surface area contributed by atoms with Gasteiger partial charge in [-0.2, -0.15) is 5.10 Å². The van der Waals surface area contributed by atoms with E-state index in [1.54, 1.807) is 6.07 Å². The van der Waals surface area contributed by atoms with E-state index < -0.39 is 6.04 Å². The summed E-state index contributed by atoms with van der Waals surface area (Å²) in [6.45, 7) is 5.33. The topological polar surface area (TPSA) is 76.0 Å². The third-order valence-electron chi connectivity index (χ3n) is 5.32. The standard InChI is InChI=1S/C23H24N4O2/c1-15-21(16(2)27(26-15)14-17-7-4-3-5-8-17)18-9-6-10-19(13-18)22(28)25-20-11-12-24-23(20)29/h3-10,13,20H,11-12,14H2,1-2H3,(H,24,29)(H,25,28)/t20-/m1/s1. The summed E-state index contributed by atoms with van der Waals surface area (Å²) < 4.78 is 2.00. The zero-order valence-corrected chi connectivity index (χ0v) is 16.6. The molecule has 3 aromatic rings. The van der Waals surface area contributed by atoms with Crippen molar-refractivity contribution in [3.63, 3.8) is 0 Å². The van der Waals surface area contributed by atoms with Crippen LogP contribution in [-0.4, -0.2) is 34.2 Å². The smallest absolute Gasteiger partial charge is 0.251 e. The fraction of sp³-hybridized carbons (Fsp3) is 0.261. The number of hydrogen-bond donors (Lipinski definition) is 2. The first-order chi connectivity index (χ1) is 14.0. The molecule has 2 N–H and O–H groups in total. The lowest BCUT2D eigenvalue weighted by Crippen LogP contribution is -2.40. The SMILES string of the molecule is Cc1nn(Cc2ccccc2)c(C)c1-c1cccc(C(=O)N[C@@H]2CCNC2=O)c1. The second-order valence-electron chi connectivity index (χ2n) is 7.38. The normalized spacial score (nSPS) is 15.9. The monoisotopic (exact) mass is 388 g/mol. The minimum Gasteiger partial charge on any atom is -0.354 e. The molecule has 0 radical (unpaired) electrons. The third-order valence-corrected chi connectivity index (χ3v) is 5.32. The Hall–Kier alpha value is -3.41. The van der Waals surface area contributed by atoms with Gasteiger partial charge in [-0.25, -0.2) is 0 Å². The maximum Gasteiger partial charge on any atom is 0.251 e. The summed E-state index contributed by atoms with van der Waals surface area (Å²) in [5, 5.41) is 10.3. The minimum atomic E-state index is -0.455. The molecular weight excluding hydrogens is 364 g/mol. The van der Waals surface area contributed by atoms with Crippen molar-refractivity contribution in [3.05, 3.63) is 77.1 Å². The average molecular weight is 388 g/mol. The van der Waals surface area contributed by atoms with Gasteiger partial charge in [-0.1, -0.05) is 42.5 Å². The Kier molecular flexibility index (Phi) is 5.16. The van der Waals surface area contributed by atoms with Crippen LogP contribution in [0.4, 0.5) is 0 Å². The van der Waals surface area contributed by atoms with Crippen LogP contribution in [0.15, 0.2) is 54.6 Å².